The Hall–Kier alpha value is -1.43. The van der Waals surface area contributed by atoms with Crippen LogP contribution in [0.2, 0.25) is 0 Å². The van der Waals surface area contributed by atoms with E-state index >= 15 is 0 Å². The molecule has 0 radical (unpaired) electrons. The second-order valence-electron chi connectivity index (χ2n) is 6.86. The monoisotopic (exact) mass is 318 g/mol. The van der Waals surface area contributed by atoms with Gasteiger partial charge < -0.3 is 9.84 Å². The molecule has 1 saturated heterocycles. The van der Waals surface area contributed by atoms with E-state index in [0.717, 1.165) is 32.2 Å². The highest BCUT2D eigenvalue weighted by atomic mass is 16.5. The zero-order chi connectivity index (χ0) is 16.2. The minimum absolute atomic E-state index is 0.0680. The summed E-state index contributed by atoms with van der Waals surface area (Å²) in [5, 5.41) is 8.84. The molecule has 0 spiro atoms. The maximum absolute atomic E-state index is 10.7. The summed E-state index contributed by atoms with van der Waals surface area (Å²) < 4.78 is 5.80. The zero-order valence-corrected chi connectivity index (χ0v) is 13.7. The van der Waals surface area contributed by atoms with E-state index in [-0.39, 0.29) is 12.6 Å². The third-order valence-electron chi connectivity index (χ3n) is 4.79. The van der Waals surface area contributed by atoms with Crippen LogP contribution in [0.1, 0.15) is 17.9 Å². The number of ether oxygens (including phenoxy) is 1. The second-order valence-corrected chi connectivity index (χ2v) is 6.86. The molecule has 2 aliphatic rings. The van der Waals surface area contributed by atoms with Crippen LogP contribution in [-0.2, 0) is 9.53 Å². The Morgan fingerprint density at radius 2 is 2.17 bits per heavy atom. The zero-order valence-electron chi connectivity index (χ0n) is 13.7. The summed E-state index contributed by atoms with van der Waals surface area (Å²) in [6.07, 6.45) is 1.40. The van der Waals surface area contributed by atoms with E-state index < -0.39 is 5.97 Å². The molecule has 0 amide bonds. The summed E-state index contributed by atoms with van der Waals surface area (Å²) in [7, 11) is 1.84. The van der Waals surface area contributed by atoms with Gasteiger partial charge in [-0.15, -0.1) is 0 Å². The number of nitrogens with zero attached hydrogens (tertiary/aromatic N) is 2. The number of carbonyl (C=O) groups is 1. The number of carboxylic acid groups (broad SMARTS) is 1. The predicted molar refractivity (Wildman–Crippen MR) is 88.6 cm³/mol. The highest BCUT2D eigenvalue weighted by molar-refractivity contribution is 5.69. The van der Waals surface area contributed by atoms with Crippen molar-refractivity contribution in [2.24, 2.45) is 5.92 Å². The van der Waals surface area contributed by atoms with Crippen LogP contribution in [-0.4, -0.2) is 73.4 Å². The van der Waals surface area contributed by atoms with Gasteiger partial charge in [0, 0.05) is 26.2 Å². The highest BCUT2D eigenvalue weighted by Gasteiger charge is 2.39. The van der Waals surface area contributed by atoms with E-state index in [0.29, 0.717) is 12.5 Å². The number of benzene rings is 1. The van der Waals surface area contributed by atoms with Gasteiger partial charge in [-0.2, -0.15) is 0 Å². The van der Waals surface area contributed by atoms with Gasteiger partial charge in [-0.3, -0.25) is 14.6 Å². The quantitative estimate of drug-likeness (QED) is 0.826. The van der Waals surface area contributed by atoms with Crippen molar-refractivity contribution >= 4 is 5.97 Å². The molecule has 2 fully saturated rings. The number of morpholine rings is 1. The average Bonchev–Trinajstić information content (AvgIpc) is 3.27. The smallest absolute Gasteiger partial charge is 0.317 e. The number of likely N-dealkylation sites (N-methyl/N-ethyl adjacent to an activating group) is 1. The van der Waals surface area contributed by atoms with Gasteiger partial charge in [0.15, 0.2) is 0 Å². The molecule has 0 bridgehead atoms. The SMILES string of the molecule is CN(CC(=O)O)CC1CN(CC2CC2c2ccccc2)CCO1. The molecule has 126 valence electrons. The Kier molecular flexibility index (Phi) is 5.30. The fraction of sp³-hybridized carbons (Fsp3) is 0.611. The summed E-state index contributed by atoms with van der Waals surface area (Å²) in [6.45, 7) is 4.50. The van der Waals surface area contributed by atoms with Crippen molar-refractivity contribution in [1.29, 1.82) is 0 Å². The minimum Gasteiger partial charge on any atom is -0.480 e. The van der Waals surface area contributed by atoms with Gasteiger partial charge in [-0.05, 0) is 30.9 Å². The first-order valence-electron chi connectivity index (χ1n) is 8.41. The van der Waals surface area contributed by atoms with Crippen LogP contribution in [0.5, 0.6) is 0 Å². The lowest BCUT2D eigenvalue weighted by molar-refractivity contribution is -0.138. The van der Waals surface area contributed by atoms with Gasteiger partial charge >= 0.3 is 5.97 Å². The molecule has 1 aliphatic carbocycles. The van der Waals surface area contributed by atoms with Crippen LogP contribution in [0.25, 0.3) is 0 Å². The van der Waals surface area contributed by atoms with Crippen LogP contribution in [0.4, 0.5) is 0 Å². The molecular weight excluding hydrogens is 292 g/mol. The predicted octanol–water partition coefficient (Wildman–Crippen LogP) is 1.51. The molecular formula is C18H26N2O3. The molecule has 1 saturated carbocycles. The standard InChI is InChI=1S/C18H26N2O3/c1-19(13-18(21)22)11-16-12-20(7-8-23-16)10-15-9-17(15)14-5-3-2-4-6-14/h2-6,15-17H,7-13H2,1H3,(H,21,22). The van der Waals surface area contributed by atoms with Gasteiger partial charge in [0.2, 0.25) is 0 Å². The topological polar surface area (TPSA) is 53.0 Å². The summed E-state index contributed by atoms with van der Waals surface area (Å²) in [5.74, 6) is 0.684. The van der Waals surface area contributed by atoms with E-state index in [4.69, 9.17) is 9.84 Å². The van der Waals surface area contributed by atoms with Crippen molar-refractivity contribution < 1.29 is 14.6 Å². The highest BCUT2D eigenvalue weighted by Crippen LogP contribution is 2.47. The summed E-state index contributed by atoms with van der Waals surface area (Å²) in [4.78, 5) is 15.0. The lowest BCUT2D eigenvalue weighted by atomic mass is 10.1. The lowest BCUT2D eigenvalue weighted by Gasteiger charge is -2.34. The Labute approximate surface area is 137 Å². The van der Waals surface area contributed by atoms with E-state index in [1.807, 2.05) is 11.9 Å². The first-order valence-corrected chi connectivity index (χ1v) is 8.41. The number of rotatable bonds is 7. The lowest BCUT2D eigenvalue weighted by Crippen LogP contribution is -2.48. The largest absolute Gasteiger partial charge is 0.480 e. The molecule has 23 heavy (non-hydrogen) atoms. The van der Waals surface area contributed by atoms with Crippen LogP contribution >= 0.6 is 0 Å². The van der Waals surface area contributed by atoms with E-state index in [1.54, 1.807) is 0 Å². The Morgan fingerprint density at radius 3 is 2.91 bits per heavy atom. The van der Waals surface area contributed by atoms with Crippen molar-refractivity contribution in [2.75, 3.05) is 46.4 Å². The molecule has 3 rings (SSSR count). The van der Waals surface area contributed by atoms with E-state index in [1.165, 1.54) is 12.0 Å². The molecule has 3 unspecified atom stereocenters. The molecule has 1 aromatic rings. The van der Waals surface area contributed by atoms with Gasteiger partial charge in [0.1, 0.15) is 0 Å². The van der Waals surface area contributed by atoms with Crippen LogP contribution < -0.4 is 0 Å². The fourth-order valence-electron chi connectivity index (χ4n) is 3.59. The maximum atomic E-state index is 10.7. The van der Waals surface area contributed by atoms with Crippen molar-refractivity contribution in [3.63, 3.8) is 0 Å². The molecule has 1 heterocycles. The van der Waals surface area contributed by atoms with E-state index in [2.05, 4.69) is 35.2 Å². The van der Waals surface area contributed by atoms with Crippen LogP contribution in [0.15, 0.2) is 30.3 Å². The minimum atomic E-state index is -0.788. The Morgan fingerprint density at radius 1 is 1.39 bits per heavy atom. The van der Waals surface area contributed by atoms with Gasteiger partial charge in [-0.1, -0.05) is 30.3 Å². The number of carboxylic acids is 1. The van der Waals surface area contributed by atoms with Crippen LogP contribution in [0, 0.1) is 5.92 Å². The van der Waals surface area contributed by atoms with Gasteiger partial charge in [0.05, 0.1) is 19.3 Å². The van der Waals surface area contributed by atoms with E-state index in [9.17, 15) is 4.79 Å². The molecule has 0 aromatic heterocycles. The molecule has 5 heteroatoms. The van der Waals surface area contributed by atoms with Crippen molar-refractivity contribution in [2.45, 2.75) is 18.4 Å². The number of hydrogen-bond donors (Lipinski definition) is 1. The normalized spacial score (nSPS) is 28.0. The number of hydrogen-bond acceptors (Lipinski definition) is 4. The first kappa shape index (κ1) is 16.4. The second kappa shape index (κ2) is 7.43. The van der Waals surface area contributed by atoms with Crippen molar-refractivity contribution in [3.8, 4) is 0 Å². The molecule has 1 aromatic carbocycles. The maximum Gasteiger partial charge on any atom is 0.317 e. The summed E-state index contributed by atoms with van der Waals surface area (Å²) >= 11 is 0. The molecule has 3 atom stereocenters. The Balaban J connectivity index is 1.44. The van der Waals surface area contributed by atoms with Crippen LogP contribution in [0.3, 0.4) is 0 Å². The molecule has 5 nitrogen and oxygen atoms in total. The summed E-state index contributed by atoms with van der Waals surface area (Å²) in [5.41, 5.74) is 1.46. The molecule has 1 aliphatic heterocycles. The fourth-order valence-corrected chi connectivity index (χ4v) is 3.59. The molecule has 1 N–H and O–H groups in total. The average molecular weight is 318 g/mol. The summed E-state index contributed by atoms with van der Waals surface area (Å²) in [6, 6.07) is 10.8. The number of aliphatic carboxylic acids is 1. The van der Waals surface area contributed by atoms with Crippen molar-refractivity contribution in [3.05, 3.63) is 35.9 Å². The van der Waals surface area contributed by atoms with Gasteiger partial charge in [0.25, 0.3) is 0 Å². The third-order valence-corrected chi connectivity index (χ3v) is 4.79. The third kappa shape index (κ3) is 4.77. The first-order chi connectivity index (χ1) is 11.1. The Bertz CT molecular complexity index is 522. The van der Waals surface area contributed by atoms with Crippen molar-refractivity contribution in [1.82, 2.24) is 9.80 Å². The van der Waals surface area contributed by atoms with Gasteiger partial charge in [-0.25, -0.2) is 0 Å².